The summed E-state index contributed by atoms with van der Waals surface area (Å²) in [6.45, 7) is 0. The van der Waals surface area contributed by atoms with Gasteiger partial charge in [-0.2, -0.15) is 0 Å². The molecule has 0 atom stereocenters. The average Bonchev–Trinajstić information content (AvgIpc) is 2.42. The first kappa shape index (κ1) is 12.5. The Kier molecular flexibility index (Phi) is 3.60. The highest BCUT2D eigenvalue weighted by Gasteiger charge is 2.35. The van der Waals surface area contributed by atoms with Crippen LogP contribution in [0.25, 0.3) is 0 Å². The first-order valence-corrected chi connectivity index (χ1v) is 5.53. The van der Waals surface area contributed by atoms with E-state index in [0.717, 1.165) is 5.56 Å². The minimum atomic E-state index is -1.06. The lowest BCUT2D eigenvalue weighted by atomic mass is 9.98. The molecule has 0 unspecified atom stereocenters. The van der Waals surface area contributed by atoms with Gasteiger partial charge >= 0.3 is 0 Å². The number of hydrogen-bond acceptors (Lipinski definition) is 4. The van der Waals surface area contributed by atoms with Crippen LogP contribution in [-0.4, -0.2) is 24.3 Å². The predicted molar refractivity (Wildman–Crippen MR) is 67.1 cm³/mol. The van der Waals surface area contributed by atoms with Crippen LogP contribution in [0.15, 0.2) is 48.8 Å². The fraction of sp³-hybridized carbons (Fsp3) is 0.214. The maximum Gasteiger partial charge on any atom is 0.223 e. The Bertz CT molecular complexity index is 509. The number of methoxy groups -OCH3 is 2. The molecule has 0 saturated heterocycles. The van der Waals surface area contributed by atoms with Gasteiger partial charge in [0, 0.05) is 31.5 Å². The third-order valence-corrected chi connectivity index (χ3v) is 2.83. The lowest BCUT2D eigenvalue weighted by Crippen LogP contribution is -2.32. The molecule has 1 aromatic heterocycles. The largest absolute Gasteiger partial charge is 0.506 e. The minimum Gasteiger partial charge on any atom is -0.506 e. The summed E-state index contributed by atoms with van der Waals surface area (Å²) in [5, 5.41) is 9.54. The molecule has 0 amide bonds. The molecule has 0 aliphatic carbocycles. The number of rotatable bonds is 4. The zero-order chi connectivity index (χ0) is 13.0. The second kappa shape index (κ2) is 5.16. The van der Waals surface area contributed by atoms with E-state index in [1.165, 1.54) is 6.20 Å². The second-order valence-electron chi connectivity index (χ2n) is 3.82. The predicted octanol–water partition coefficient (Wildman–Crippen LogP) is 2.28. The number of benzene rings is 1. The zero-order valence-corrected chi connectivity index (χ0v) is 10.3. The molecule has 0 aliphatic rings. The Morgan fingerprint density at radius 2 is 1.67 bits per heavy atom. The van der Waals surface area contributed by atoms with Gasteiger partial charge in [-0.3, -0.25) is 4.98 Å². The summed E-state index contributed by atoms with van der Waals surface area (Å²) in [5.41, 5.74) is 1.47. The zero-order valence-electron chi connectivity index (χ0n) is 10.3. The van der Waals surface area contributed by atoms with E-state index >= 15 is 0 Å². The van der Waals surface area contributed by atoms with E-state index in [1.54, 1.807) is 26.5 Å². The lowest BCUT2D eigenvalue weighted by molar-refractivity contribution is -0.184. The Hall–Kier alpha value is -1.91. The summed E-state index contributed by atoms with van der Waals surface area (Å²) in [6.07, 6.45) is 2.98. The molecular formula is C14H15NO3. The van der Waals surface area contributed by atoms with E-state index in [1.807, 2.05) is 30.3 Å². The van der Waals surface area contributed by atoms with Crippen molar-refractivity contribution in [1.82, 2.24) is 4.98 Å². The third-order valence-electron chi connectivity index (χ3n) is 2.83. The van der Waals surface area contributed by atoms with Gasteiger partial charge < -0.3 is 14.6 Å². The van der Waals surface area contributed by atoms with Gasteiger partial charge in [0.05, 0.1) is 6.20 Å². The van der Waals surface area contributed by atoms with Crippen LogP contribution < -0.4 is 0 Å². The standard InChI is InChI=1S/C14H15NO3/c1-17-14(18-2,11-6-4-3-5-7-11)12-8-13(16)10-15-9-12/h3-10,16H,1-2H3. The summed E-state index contributed by atoms with van der Waals surface area (Å²) in [7, 11) is 3.11. The number of aromatic hydroxyl groups is 1. The van der Waals surface area contributed by atoms with Crippen LogP contribution in [0.3, 0.4) is 0 Å². The molecule has 4 heteroatoms. The van der Waals surface area contributed by atoms with Gasteiger partial charge in [-0.05, 0) is 6.07 Å². The SMILES string of the molecule is COC(OC)(c1ccccc1)c1cncc(O)c1. The Morgan fingerprint density at radius 1 is 1.00 bits per heavy atom. The molecule has 2 aromatic rings. The van der Waals surface area contributed by atoms with Crippen molar-refractivity contribution in [2.75, 3.05) is 14.2 Å². The van der Waals surface area contributed by atoms with E-state index in [4.69, 9.17) is 9.47 Å². The third kappa shape index (κ3) is 2.08. The molecule has 4 nitrogen and oxygen atoms in total. The number of pyridine rings is 1. The number of ether oxygens (including phenoxy) is 2. The van der Waals surface area contributed by atoms with Crippen LogP contribution in [0, 0.1) is 0 Å². The van der Waals surface area contributed by atoms with Crippen molar-refractivity contribution in [2.45, 2.75) is 5.79 Å². The van der Waals surface area contributed by atoms with Crippen LogP contribution in [0.5, 0.6) is 5.75 Å². The molecule has 1 heterocycles. The maximum atomic E-state index is 9.54. The van der Waals surface area contributed by atoms with Gasteiger partial charge in [0.2, 0.25) is 5.79 Å². The van der Waals surface area contributed by atoms with Crippen molar-refractivity contribution in [1.29, 1.82) is 0 Å². The number of aromatic nitrogens is 1. The van der Waals surface area contributed by atoms with E-state index in [9.17, 15) is 5.11 Å². The molecule has 0 aliphatic heterocycles. The molecular weight excluding hydrogens is 230 g/mol. The van der Waals surface area contributed by atoms with Gasteiger partial charge in [0.1, 0.15) is 5.75 Å². The van der Waals surface area contributed by atoms with Gasteiger partial charge in [-0.15, -0.1) is 0 Å². The van der Waals surface area contributed by atoms with Crippen LogP contribution in [0.1, 0.15) is 11.1 Å². The summed E-state index contributed by atoms with van der Waals surface area (Å²) < 4.78 is 11.1. The molecule has 94 valence electrons. The fourth-order valence-electron chi connectivity index (χ4n) is 1.99. The topological polar surface area (TPSA) is 51.6 Å². The molecule has 1 N–H and O–H groups in total. The molecule has 0 saturated carbocycles. The number of nitrogens with zero attached hydrogens (tertiary/aromatic N) is 1. The van der Waals surface area contributed by atoms with Crippen molar-refractivity contribution >= 4 is 0 Å². The van der Waals surface area contributed by atoms with Gasteiger partial charge in [-0.25, -0.2) is 0 Å². The molecule has 0 radical (unpaired) electrons. The summed E-state index contributed by atoms with van der Waals surface area (Å²) >= 11 is 0. The van der Waals surface area contributed by atoms with Crippen LogP contribution in [0.4, 0.5) is 0 Å². The molecule has 2 rings (SSSR count). The lowest BCUT2D eigenvalue weighted by Gasteiger charge is -2.31. The Balaban J connectivity index is 2.57. The van der Waals surface area contributed by atoms with E-state index in [2.05, 4.69) is 4.98 Å². The van der Waals surface area contributed by atoms with Crippen molar-refractivity contribution in [3.8, 4) is 5.75 Å². The Labute approximate surface area is 106 Å². The van der Waals surface area contributed by atoms with Gasteiger partial charge in [-0.1, -0.05) is 30.3 Å². The monoisotopic (exact) mass is 245 g/mol. The minimum absolute atomic E-state index is 0.0712. The second-order valence-corrected chi connectivity index (χ2v) is 3.82. The smallest absolute Gasteiger partial charge is 0.223 e. The van der Waals surface area contributed by atoms with Crippen LogP contribution in [-0.2, 0) is 15.3 Å². The summed E-state index contributed by atoms with van der Waals surface area (Å²) in [5.74, 6) is -0.991. The van der Waals surface area contributed by atoms with Crippen molar-refractivity contribution in [2.24, 2.45) is 0 Å². The van der Waals surface area contributed by atoms with Gasteiger partial charge in [0.15, 0.2) is 0 Å². The first-order chi connectivity index (χ1) is 8.73. The molecule has 1 aromatic carbocycles. The summed E-state index contributed by atoms with van der Waals surface area (Å²) in [6, 6.07) is 11.1. The van der Waals surface area contributed by atoms with Gasteiger partial charge in [0.25, 0.3) is 0 Å². The molecule has 0 spiro atoms. The first-order valence-electron chi connectivity index (χ1n) is 5.53. The molecule has 0 bridgehead atoms. The van der Waals surface area contributed by atoms with Crippen LogP contribution in [0.2, 0.25) is 0 Å². The normalized spacial score (nSPS) is 11.4. The van der Waals surface area contributed by atoms with E-state index in [-0.39, 0.29) is 5.75 Å². The van der Waals surface area contributed by atoms with Crippen molar-refractivity contribution < 1.29 is 14.6 Å². The summed E-state index contributed by atoms with van der Waals surface area (Å²) in [4.78, 5) is 3.96. The van der Waals surface area contributed by atoms with Crippen molar-refractivity contribution in [3.05, 3.63) is 59.9 Å². The highest BCUT2D eigenvalue weighted by molar-refractivity contribution is 5.35. The average molecular weight is 245 g/mol. The number of hydrogen-bond donors (Lipinski definition) is 1. The highest BCUT2D eigenvalue weighted by Crippen LogP contribution is 2.34. The van der Waals surface area contributed by atoms with E-state index < -0.39 is 5.79 Å². The molecule has 18 heavy (non-hydrogen) atoms. The Morgan fingerprint density at radius 3 is 2.22 bits per heavy atom. The quantitative estimate of drug-likeness (QED) is 0.840. The fourth-order valence-corrected chi connectivity index (χ4v) is 1.99. The van der Waals surface area contributed by atoms with Crippen LogP contribution >= 0.6 is 0 Å². The maximum absolute atomic E-state index is 9.54. The van der Waals surface area contributed by atoms with E-state index in [0.29, 0.717) is 5.56 Å². The highest BCUT2D eigenvalue weighted by atomic mass is 16.7. The van der Waals surface area contributed by atoms with Crippen molar-refractivity contribution in [3.63, 3.8) is 0 Å². The molecule has 0 fully saturated rings.